The zero-order chi connectivity index (χ0) is 20.1. The van der Waals surface area contributed by atoms with Crippen molar-refractivity contribution in [2.75, 3.05) is 0 Å². The smallest absolute Gasteiger partial charge is 0.309 e. The predicted molar refractivity (Wildman–Crippen MR) is 113 cm³/mol. The highest BCUT2D eigenvalue weighted by atomic mass is 16.5. The van der Waals surface area contributed by atoms with Crippen LogP contribution in [0.5, 0.6) is 0 Å². The Balaban J connectivity index is 1.43. The van der Waals surface area contributed by atoms with Gasteiger partial charge in [0.15, 0.2) is 0 Å². The topological polar surface area (TPSA) is 58.9 Å². The summed E-state index contributed by atoms with van der Waals surface area (Å²) >= 11 is 0. The summed E-state index contributed by atoms with van der Waals surface area (Å²) < 4.78 is 6.07. The number of nitrogens with zero attached hydrogens (tertiary/aromatic N) is 1. The lowest BCUT2D eigenvalue weighted by molar-refractivity contribution is -0.162. The lowest BCUT2D eigenvalue weighted by Gasteiger charge is -2.37. The number of hydrogen-bond donors (Lipinski definition) is 1. The van der Waals surface area contributed by atoms with Gasteiger partial charge in [-0.05, 0) is 87.9 Å². The van der Waals surface area contributed by atoms with Crippen LogP contribution in [0.15, 0.2) is 4.99 Å². The fourth-order valence-electron chi connectivity index (χ4n) is 5.45. The molecule has 0 saturated heterocycles. The maximum atomic E-state index is 12.8. The summed E-state index contributed by atoms with van der Waals surface area (Å²) in [7, 11) is 0. The van der Waals surface area contributed by atoms with E-state index in [1.165, 1.54) is 12.8 Å². The van der Waals surface area contributed by atoms with Crippen molar-refractivity contribution < 1.29 is 14.6 Å². The van der Waals surface area contributed by atoms with Crippen molar-refractivity contribution in [3.8, 4) is 0 Å². The quantitative estimate of drug-likeness (QED) is 0.519. The molecule has 0 aromatic carbocycles. The van der Waals surface area contributed by atoms with E-state index in [0.717, 1.165) is 57.8 Å². The van der Waals surface area contributed by atoms with Crippen LogP contribution in [0.1, 0.15) is 91.4 Å². The second kappa shape index (κ2) is 10.2. The monoisotopic (exact) mass is 391 g/mol. The lowest BCUT2D eigenvalue weighted by Crippen LogP contribution is -2.38. The molecule has 3 saturated carbocycles. The Morgan fingerprint density at radius 2 is 1.68 bits per heavy atom. The minimum Gasteiger partial charge on any atom is -0.462 e. The summed E-state index contributed by atoms with van der Waals surface area (Å²) in [4.78, 5) is 17.6. The summed E-state index contributed by atoms with van der Waals surface area (Å²) in [5, 5.41) is 9.62. The molecule has 0 amide bonds. The van der Waals surface area contributed by atoms with Gasteiger partial charge in [-0.2, -0.15) is 0 Å². The molecular formula is C24H41NO3. The Morgan fingerprint density at radius 1 is 1.00 bits per heavy atom. The van der Waals surface area contributed by atoms with E-state index < -0.39 is 0 Å². The van der Waals surface area contributed by atoms with E-state index in [1.54, 1.807) is 0 Å². The van der Waals surface area contributed by atoms with Gasteiger partial charge in [-0.25, -0.2) is 0 Å². The Labute approximate surface area is 171 Å². The van der Waals surface area contributed by atoms with E-state index >= 15 is 0 Å². The highest BCUT2D eigenvalue weighted by Gasteiger charge is 2.36. The van der Waals surface area contributed by atoms with Crippen LogP contribution in [0.2, 0.25) is 0 Å². The highest BCUT2D eigenvalue weighted by Crippen LogP contribution is 2.37. The van der Waals surface area contributed by atoms with Crippen molar-refractivity contribution in [3.63, 3.8) is 0 Å². The first-order valence-corrected chi connectivity index (χ1v) is 11.8. The van der Waals surface area contributed by atoms with Crippen LogP contribution >= 0.6 is 0 Å². The molecule has 0 aliphatic heterocycles. The van der Waals surface area contributed by atoms with Gasteiger partial charge in [-0.3, -0.25) is 9.79 Å². The largest absolute Gasteiger partial charge is 0.462 e. The molecule has 0 radical (unpaired) electrons. The fraction of sp³-hybridized carbons (Fsp3) is 0.917. The summed E-state index contributed by atoms with van der Waals surface area (Å²) in [5.74, 6) is 2.42. The molecule has 4 nitrogen and oxygen atoms in total. The number of aliphatic hydroxyl groups is 1. The minimum absolute atomic E-state index is 0.0495. The zero-order valence-corrected chi connectivity index (χ0v) is 18.2. The number of esters is 1. The molecule has 3 rings (SSSR count). The summed E-state index contributed by atoms with van der Waals surface area (Å²) in [6.45, 7) is 6.81. The van der Waals surface area contributed by atoms with E-state index in [0.29, 0.717) is 29.7 Å². The molecule has 160 valence electrons. The minimum atomic E-state index is -0.103. The Kier molecular flexibility index (Phi) is 7.96. The van der Waals surface area contributed by atoms with E-state index in [9.17, 15) is 9.90 Å². The Hall–Kier alpha value is -0.900. The highest BCUT2D eigenvalue weighted by molar-refractivity contribution is 5.72. The molecule has 3 fully saturated rings. The van der Waals surface area contributed by atoms with Crippen LogP contribution in [-0.4, -0.2) is 35.5 Å². The van der Waals surface area contributed by atoms with Crippen LogP contribution in [0, 0.1) is 29.6 Å². The summed E-state index contributed by atoms with van der Waals surface area (Å²) in [6.07, 6.45) is 13.4. The van der Waals surface area contributed by atoms with Gasteiger partial charge in [0.05, 0.1) is 12.0 Å². The van der Waals surface area contributed by atoms with Crippen molar-refractivity contribution in [1.82, 2.24) is 0 Å². The number of ether oxygens (including phenoxy) is 1. The van der Waals surface area contributed by atoms with E-state index in [1.807, 2.05) is 0 Å². The predicted octanol–water partition coefficient (Wildman–Crippen LogP) is 5.17. The molecule has 0 heterocycles. The number of aliphatic imine (C=N–C) groups is 1. The van der Waals surface area contributed by atoms with Gasteiger partial charge in [-0.15, -0.1) is 0 Å². The average Bonchev–Trinajstić information content (AvgIpc) is 2.68. The molecule has 0 aromatic rings. The van der Waals surface area contributed by atoms with Crippen molar-refractivity contribution in [3.05, 3.63) is 0 Å². The van der Waals surface area contributed by atoms with Crippen molar-refractivity contribution >= 4 is 12.2 Å². The van der Waals surface area contributed by atoms with Crippen LogP contribution < -0.4 is 0 Å². The Morgan fingerprint density at radius 3 is 2.32 bits per heavy atom. The number of rotatable bonds is 5. The number of hydrogen-bond acceptors (Lipinski definition) is 4. The Bertz CT molecular complexity index is 516. The summed E-state index contributed by atoms with van der Waals surface area (Å²) in [6, 6.07) is 0.369. The van der Waals surface area contributed by atoms with Crippen LogP contribution in [0.3, 0.4) is 0 Å². The van der Waals surface area contributed by atoms with Crippen molar-refractivity contribution in [1.29, 1.82) is 0 Å². The third kappa shape index (κ3) is 6.05. The molecule has 0 aromatic heterocycles. The average molecular weight is 392 g/mol. The molecule has 3 aliphatic carbocycles. The van der Waals surface area contributed by atoms with Crippen molar-refractivity contribution in [2.45, 2.75) is 110 Å². The fourth-order valence-corrected chi connectivity index (χ4v) is 5.45. The molecule has 0 spiro atoms. The summed E-state index contributed by atoms with van der Waals surface area (Å²) in [5.41, 5.74) is 0. The van der Waals surface area contributed by atoms with E-state index in [4.69, 9.17) is 9.73 Å². The molecule has 0 bridgehead atoms. The van der Waals surface area contributed by atoms with Crippen LogP contribution in [0.4, 0.5) is 0 Å². The molecule has 28 heavy (non-hydrogen) atoms. The molecule has 3 aliphatic rings. The van der Waals surface area contributed by atoms with Gasteiger partial charge < -0.3 is 9.84 Å². The molecular weight excluding hydrogens is 350 g/mol. The molecule has 1 N–H and O–H groups in total. The third-order valence-corrected chi connectivity index (χ3v) is 7.51. The SMILES string of the molecule is CC1CCC(C(C)C)C(OC(=O)C2CCC(N=CC3CCC(O)CC3)CC2)C1. The molecule has 3 atom stereocenters. The first-order chi connectivity index (χ1) is 13.4. The van der Waals surface area contributed by atoms with Crippen molar-refractivity contribution in [2.24, 2.45) is 34.6 Å². The normalized spacial score (nSPS) is 40.0. The van der Waals surface area contributed by atoms with Gasteiger partial charge in [0, 0.05) is 12.3 Å². The van der Waals surface area contributed by atoms with E-state index in [-0.39, 0.29) is 24.1 Å². The number of carbonyl (C=O) groups excluding carboxylic acids is 1. The van der Waals surface area contributed by atoms with Gasteiger partial charge in [-0.1, -0.05) is 27.2 Å². The van der Waals surface area contributed by atoms with Crippen LogP contribution in [0.25, 0.3) is 0 Å². The molecule has 4 heteroatoms. The lowest BCUT2D eigenvalue weighted by atomic mass is 9.75. The maximum Gasteiger partial charge on any atom is 0.309 e. The van der Waals surface area contributed by atoms with Gasteiger partial charge in [0.25, 0.3) is 0 Å². The maximum absolute atomic E-state index is 12.8. The van der Waals surface area contributed by atoms with Gasteiger partial charge >= 0.3 is 5.97 Å². The molecule has 3 unspecified atom stereocenters. The number of carbonyl (C=O) groups is 1. The second-order valence-corrected chi connectivity index (χ2v) is 10.2. The van der Waals surface area contributed by atoms with Gasteiger partial charge in [0.1, 0.15) is 6.10 Å². The standard InChI is InChI=1S/C24H41NO3/c1-16(2)22-13-4-17(3)14-23(22)28-24(27)19-7-9-20(10-8-19)25-15-18-5-11-21(26)12-6-18/h15-23,26H,4-14H2,1-3H3. The second-order valence-electron chi connectivity index (χ2n) is 10.2. The van der Waals surface area contributed by atoms with E-state index in [2.05, 4.69) is 27.0 Å². The first-order valence-electron chi connectivity index (χ1n) is 11.8. The van der Waals surface area contributed by atoms with Gasteiger partial charge in [0.2, 0.25) is 0 Å². The van der Waals surface area contributed by atoms with Crippen LogP contribution in [-0.2, 0) is 9.53 Å². The zero-order valence-electron chi connectivity index (χ0n) is 18.2. The number of aliphatic hydroxyl groups excluding tert-OH is 1. The first kappa shape index (κ1) is 21.8. The third-order valence-electron chi connectivity index (χ3n) is 7.51.